The zero-order chi connectivity index (χ0) is 33.2. The Bertz CT molecular complexity index is 1580. The third kappa shape index (κ3) is 6.33. The normalized spacial score (nSPS) is 24.9. The van der Waals surface area contributed by atoms with Crippen molar-refractivity contribution in [2.45, 2.75) is 81.6 Å². The van der Waals surface area contributed by atoms with Gasteiger partial charge in [-0.25, -0.2) is 19.9 Å². The summed E-state index contributed by atoms with van der Waals surface area (Å²) in [5.41, 5.74) is 7.96. The summed E-state index contributed by atoms with van der Waals surface area (Å²) in [5, 5.41) is 58.2. The first-order chi connectivity index (χ1) is 22.2. The van der Waals surface area contributed by atoms with Crippen LogP contribution in [-0.2, 0) is 16.6 Å². The number of nitrogens with two attached hydrogens (primary N) is 1. The van der Waals surface area contributed by atoms with Crippen LogP contribution in [0.25, 0.3) is 22.2 Å². The van der Waals surface area contributed by atoms with Crippen LogP contribution in [0, 0.1) is 5.92 Å². The molecule has 252 valence electrons. The Kier molecular flexibility index (Phi) is 10.5. The van der Waals surface area contributed by atoms with Gasteiger partial charge in [0.1, 0.15) is 36.0 Å². The number of H-pyrrole nitrogens is 1. The van der Waals surface area contributed by atoms with E-state index in [1.54, 1.807) is 10.6 Å². The molecule has 15 heteroatoms. The Morgan fingerprint density at radius 2 is 1.78 bits per heavy atom. The molecular weight excluding hydrogens is 596 g/mol. The summed E-state index contributed by atoms with van der Waals surface area (Å²) in [6.45, 7) is 3.67. The van der Waals surface area contributed by atoms with Gasteiger partial charge in [0, 0.05) is 32.2 Å². The Morgan fingerprint density at radius 3 is 2.46 bits per heavy atom. The predicted octanol–water partition coefficient (Wildman–Crippen LogP) is -0.151. The Balaban J connectivity index is 0.00000204. The van der Waals surface area contributed by atoms with Gasteiger partial charge in [0.05, 0.1) is 42.6 Å². The molecule has 46 heavy (non-hydrogen) atoms. The predicted molar refractivity (Wildman–Crippen MR) is 170 cm³/mol. The van der Waals surface area contributed by atoms with E-state index >= 15 is 0 Å². The monoisotopic (exact) mass is 642 g/mol. The van der Waals surface area contributed by atoms with Crippen molar-refractivity contribution in [1.29, 1.82) is 0 Å². The summed E-state index contributed by atoms with van der Waals surface area (Å²) in [4.78, 5) is 22.9. The molecule has 1 aliphatic carbocycles. The highest BCUT2D eigenvalue weighted by atomic mass is 16.6. The number of imidazole rings is 2. The molecule has 0 radical (unpaired) electrons. The van der Waals surface area contributed by atoms with Gasteiger partial charge in [0.2, 0.25) is 0 Å². The Hall–Kier alpha value is -3.28. The Labute approximate surface area is 266 Å². The van der Waals surface area contributed by atoms with Gasteiger partial charge in [-0.15, -0.1) is 0 Å². The molecule has 15 nitrogen and oxygen atoms in total. The number of benzene rings is 1. The molecule has 0 unspecified atom stereocenters. The van der Waals surface area contributed by atoms with Crippen LogP contribution in [0.4, 0.5) is 5.82 Å². The van der Waals surface area contributed by atoms with Crippen LogP contribution in [-0.4, -0.2) is 129 Å². The van der Waals surface area contributed by atoms with Gasteiger partial charge in [-0.1, -0.05) is 6.07 Å². The number of hydrogen-bond donors (Lipinski definition) is 8. The summed E-state index contributed by atoms with van der Waals surface area (Å²) < 4.78 is 7.81. The summed E-state index contributed by atoms with van der Waals surface area (Å²) in [6.07, 6.45) is 3.00. The molecule has 4 heterocycles. The van der Waals surface area contributed by atoms with Gasteiger partial charge in [-0.2, -0.15) is 0 Å². The van der Waals surface area contributed by atoms with Crippen molar-refractivity contribution in [2.24, 2.45) is 5.92 Å². The molecule has 4 aromatic rings. The first kappa shape index (κ1) is 34.1. The maximum atomic E-state index is 10.9. The molecular formula is C31H46N8O7. The molecule has 1 saturated heterocycles. The number of rotatable bonds is 12. The Morgan fingerprint density at radius 1 is 1.07 bits per heavy atom. The van der Waals surface area contributed by atoms with E-state index in [4.69, 9.17) is 20.6 Å². The van der Waals surface area contributed by atoms with Gasteiger partial charge in [-0.3, -0.25) is 9.47 Å². The fourth-order valence-corrected chi connectivity index (χ4v) is 6.64. The number of aromatic nitrogens is 6. The highest BCUT2D eigenvalue weighted by molar-refractivity contribution is 5.81. The molecule has 0 bridgehead atoms. The summed E-state index contributed by atoms with van der Waals surface area (Å²) in [6, 6.07) is 6.05. The fraction of sp³-hybridized carbons (Fsp3) is 0.613. The van der Waals surface area contributed by atoms with E-state index in [-0.39, 0.29) is 31.7 Å². The maximum absolute atomic E-state index is 10.9. The number of fused-ring (bicyclic) bond motifs is 2. The van der Waals surface area contributed by atoms with Crippen molar-refractivity contribution < 1.29 is 35.4 Å². The number of nitrogens with one attached hydrogen (secondary N) is 1. The average Bonchev–Trinajstić information content (AvgIpc) is 3.74. The number of aryl methyl sites for hydroxylation is 1. The molecule has 0 spiro atoms. The minimum absolute atomic E-state index is 0.225. The van der Waals surface area contributed by atoms with Crippen molar-refractivity contribution in [2.75, 3.05) is 39.2 Å². The van der Waals surface area contributed by atoms with E-state index in [0.717, 1.165) is 49.7 Å². The number of hydrogen-bond acceptors (Lipinski definition) is 13. The SMILES string of the molecule is CC(C)N(C[C@H]1O[C@@H](n2cnc3c(N)ncnc32)[C@H](O)[C@@H]1O)C1CC(CCc2nc3ccc(C(CO)(CO)CO)cc3[nH]2)C1.CO. The lowest BCUT2D eigenvalue weighted by atomic mass is 9.76. The van der Waals surface area contributed by atoms with Crippen molar-refractivity contribution in [3.8, 4) is 0 Å². The minimum Gasteiger partial charge on any atom is -0.400 e. The number of aliphatic hydroxyl groups is 6. The number of nitrogens with zero attached hydrogens (tertiary/aromatic N) is 6. The second-order valence-corrected chi connectivity index (χ2v) is 12.6. The molecule has 2 aliphatic rings. The van der Waals surface area contributed by atoms with Crippen LogP contribution in [0.2, 0.25) is 0 Å². The van der Waals surface area contributed by atoms with Crippen LogP contribution < -0.4 is 5.73 Å². The second-order valence-electron chi connectivity index (χ2n) is 12.6. The van der Waals surface area contributed by atoms with E-state index in [1.807, 2.05) is 12.1 Å². The standard InChI is InChI=1S/C30H42N8O6.CH4O/c1-16(2)37(10-22-25(42)26(43)29(44-22)38-15-34-24-27(31)32-14-33-28(24)38)19-7-17(8-19)3-6-23-35-20-5-4-18(9-21(20)36-23)30(11-39,12-40)13-41;1-2/h4-5,9,14-17,19,22,25-26,29,39-43H,3,6-8,10-13H2,1-2H3,(H,35,36)(H2,31,32,33);2H,1H3/t17?,19?,22-,25-,26-,29-;/m1./s1. The highest BCUT2D eigenvalue weighted by Gasteiger charge is 2.46. The van der Waals surface area contributed by atoms with Crippen molar-refractivity contribution >= 4 is 28.0 Å². The van der Waals surface area contributed by atoms with Crippen LogP contribution in [0.1, 0.15) is 50.7 Å². The van der Waals surface area contributed by atoms with Gasteiger partial charge >= 0.3 is 0 Å². The third-order valence-electron chi connectivity index (χ3n) is 9.57. The number of nitrogen functional groups attached to an aromatic ring is 1. The molecule has 2 fully saturated rings. The van der Waals surface area contributed by atoms with E-state index in [1.165, 1.54) is 12.7 Å². The van der Waals surface area contributed by atoms with E-state index in [2.05, 4.69) is 38.7 Å². The average molecular weight is 643 g/mol. The molecule has 3 aromatic heterocycles. The van der Waals surface area contributed by atoms with Crippen molar-refractivity contribution in [3.63, 3.8) is 0 Å². The largest absolute Gasteiger partial charge is 0.400 e. The summed E-state index contributed by atoms with van der Waals surface area (Å²) >= 11 is 0. The van der Waals surface area contributed by atoms with Gasteiger partial charge in [-0.05, 0) is 56.7 Å². The molecule has 1 aromatic carbocycles. The van der Waals surface area contributed by atoms with Crippen LogP contribution in [0.3, 0.4) is 0 Å². The molecule has 9 N–H and O–H groups in total. The van der Waals surface area contributed by atoms with E-state index in [9.17, 15) is 25.5 Å². The number of aliphatic hydroxyl groups excluding tert-OH is 6. The lowest BCUT2D eigenvalue weighted by Crippen LogP contribution is -2.52. The quantitative estimate of drug-likeness (QED) is 0.101. The zero-order valence-electron chi connectivity index (χ0n) is 26.4. The summed E-state index contributed by atoms with van der Waals surface area (Å²) in [7, 11) is 1.00. The topological polar surface area (TPSA) is 232 Å². The van der Waals surface area contributed by atoms with Gasteiger partial charge in [0.15, 0.2) is 17.7 Å². The number of anilines is 1. The van der Waals surface area contributed by atoms with Crippen LogP contribution >= 0.6 is 0 Å². The number of aromatic amines is 1. The van der Waals surface area contributed by atoms with Crippen molar-refractivity contribution in [3.05, 3.63) is 42.2 Å². The molecule has 1 saturated carbocycles. The smallest absolute Gasteiger partial charge is 0.167 e. The van der Waals surface area contributed by atoms with Gasteiger partial charge in [0.25, 0.3) is 0 Å². The zero-order valence-corrected chi connectivity index (χ0v) is 26.4. The van der Waals surface area contributed by atoms with E-state index in [0.29, 0.717) is 35.2 Å². The number of ether oxygens (including phenoxy) is 1. The lowest BCUT2D eigenvalue weighted by molar-refractivity contribution is -0.0620. The molecule has 1 aliphatic heterocycles. The van der Waals surface area contributed by atoms with E-state index < -0.39 is 30.0 Å². The lowest BCUT2D eigenvalue weighted by Gasteiger charge is -2.46. The molecule has 0 amide bonds. The first-order valence-electron chi connectivity index (χ1n) is 15.6. The minimum atomic E-state index is -1.15. The second kappa shape index (κ2) is 14.2. The van der Waals surface area contributed by atoms with Crippen LogP contribution in [0.15, 0.2) is 30.9 Å². The molecule has 6 rings (SSSR count). The third-order valence-corrected chi connectivity index (χ3v) is 9.57. The van der Waals surface area contributed by atoms with Crippen LogP contribution in [0.5, 0.6) is 0 Å². The maximum Gasteiger partial charge on any atom is 0.167 e. The summed E-state index contributed by atoms with van der Waals surface area (Å²) in [5.74, 6) is 1.65. The van der Waals surface area contributed by atoms with Crippen molar-refractivity contribution in [1.82, 2.24) is 34.4 Å². The highest BCUT2D eigenvalue weighted by Crippen LogP contribution is 2.38. The first-order valence-corrected chi connectivity index (χ1v) is 15.6. The molecule has 4 atom stereocenters. The van der Waals surface area contributed by atoms with Gasteiger partial charge < -0.3 is 46.1 Å². The fourth-order valence-electron chi connectivity index (χ4n) is 6.64.